The maximum atomic E-state index is 11.7. The average molecular weight is 445 g/mol. The Kier molecular flexibility index (Phi) is 19.8. The smallest absolute Gasteiger partial charge is 0.305 e. The summed E-state index contributed by atoms with van der Waals surface area (Å²) in [7, 11) is 0. The predicted octanol–water partition coefficient (Wildman–Crippen LogP) is 2.78. The molecular formula is C24H44O7. The van der Waals surface area contributed by atoms with E-state index in [1.165, 1.54) is 25.7 Å². The second-order valence-electron chi connectivity index (χ2n) is 7.96. The SMILES string of the molecule is CCCCC/C=C\C/C=C\CCCCCCCC(=O)OCC(O)C(O)C(O)C(O)CO. The summed E-state index contributed by atoms with van der Waals surface area (Å²) < 4.78 is 4.89. The quantitative estimate of drug-likeness (QED) is 0.111. The molecule has 0 bridgehead atoms. The van der Waals surface area contributed by atoms with Gasteiger partial charge in [0.25, 0.3) is 0 Å². The van der Waals surface area contributed by atoms with Crippen molar-refractivity contribution in [3.63, 3.8) is 0 Å². The number of hydrogen-bond acceptors (Lipinski definition) is 7. The van der Waals surface area contributed by atoms with E-state index in [0.717, 1.165) is 38.5 Å². The van der Waals surface area contributed by atoms with E-state index < -0.39 is 43.6 Å². The van der Waals surface area contributed by atoms with Gasteiger partial charge in [-0.1, -0.05) is 63.3 Å². The maximum Gasteiger partial charge on any atom is 0.305 e. The first-order valence-corrected chi connectivity index (χ1v) is 11.7. The van der Waals surface area contributed by atoms with Crippen molar-refractivity contribution in [1.29, 1.82) is 0 Å². The fourth-order valence-electron chi connectivity index (χ4n) is 2.99. The summed E-state index contributed by atoms with van der Waals surface area (Å²) in [5.74, 6) is -0.478. The molecule has 0 saturated heterocycles. The van der Waals surface area contributed by atoms with Crippen molar-refractivity contribution < 1.29 is 35.1 Å². The summed E-state index contributed by atoms with van der Waals surface area (Å²) in [5, 5.41) is 46.8. The second kappa shape index (κ2) is 20.6. The van der Waals surface area contributed by atoms with Crippen molar-refractivity contribution in [3.8, 4) is 0 Å². The van der Waals surface area contributed by atoms with E-state index in [-0.39, 0.29) is 6.42 Å². The van der Waals surface area contributed by atoms with Crippen molar-refractivity contribution in [2.45, 2.75) is 108 Å². The van der Waals surface area contributed by atoms with Crippen LogP contribution in [0.2, 0.25) is 0 Å². The molecule has 0 aromatic rings. The fourth-order valence-corrected chi connectivity index (χ4v) is 2.99. The van der Waals surface area contributed by atoms with Gasteiger partial charge in [0.2, 0.25) is 0 Å². The monoisotopic (exact) mass is 444 g/mol. The van der Waals surface area contributed by atoms with Gasteiger partial charge in [-0.05, 0) is 38.5 Å². The van der Waals surface area contributed by atoms with Gasteiger partial charge in [-0.25, -0.2) is 0 Å². The van der Waals surface area contributed by atoms with E-state index in [2.05, 4.69) is 31.2 Å². The Balaban J connectivity index is 3.60. The van der Waals surface area contributed by atoms with Crippen LogP contribution >= 0.6 is 0 Å². The van der Waals surface area contributed by atoms with Gasteiger partial charge in [0.1, 0.15) is 31.0 Å². The Labute approximate surface area is 187 Å². The van der Waals surface area contributed by atoms with Gasteiger partial charge in [0.15, 0.2) is 0 Å². The number of allylic oxidation sites excluding steroid dienone is 4. The van der Waals surface area contributed by atoms with Crippen LogP contribution in [-0.4, -0.2) is 69.1 Å². The molecule has 4 unspecified atom stereocenters. The van der Waals surface area contributed by atoms with Crippen LogP contribution in [0, 0.1) is 0 Å². The molecule has 0 aliphatic rings. The molecule has 0 aliphatic heterocycles. The zero-order valence-electron chi connectivity index (χ0n) is 19.1. The number of hydrogen-bond donors (Lipinski definition) is 5. The van der Waals surface area contributed by atoms with E-state index in [1.54, 1.807) is 0 Å². The molecule has 4 atom stereocenters. The molecule has 0 saturated carbocycles. The zero-order chi connectivity index (χ0) is 23.3. The summed E-state index contributed by atoms with van der Waals surface area (Å²) in [6.45, 7) is 0.985. The Morgan fingerprint density at radius 1 is 0.774 bits per heavy atom. The third kappa shape index (κ3) is 17.0. The molecule has 0 aromatic heterocycles. The summed E-state index contributed by atoms with van der Waals surface area (Å²) in [4.78, 5) is 11.7. The van der Waals surface area contributed by atoms with Gasteiger partial charge >= 0.3 is 5.97 Å². The number of carbonyl (C=O) groups excluding carboxylic acids is 1. The van der Waals surface area contributed by atoms with Crippen LogP contribution in [0.1, 0.15) is 84.0 Å². The van der Waals surface area contributed by atoms with Crippen LogP contribution in [0.15, 0.2) is 24.3 Å². The van der Waals surface area contributed by atoms with Gasteiger partial charge in [0.05, 0.1) is 6.61 Å². The normalized spacial score (nSPS) is 15.9. The van der Waals surface area contributed by atoms with Crippen LogP contribution < -0.4 is 0 Å². The number of rotatable bonds is 20. The second-order valence-corrected chi connectivity index (χ2v) is 7.96. The highest BCUT2D eigenvalue weighted by molar-refractivity contribution is 5.69. The van der Waals surface area contributed by atoms with Crippen LogP contribution in [0.25, 0.3) is 0 Å². The first-order valence-electron chi connectivity index (χ1n) is 11.7. The Morgan fingerprint density at radius 2 is 1.32 bits per heavy atom. The molecule has 0 heterocycles. The number of unbranched alkanes of at least 4 members (excludes halogenated alkanes) is 8. The van der Waals surface area contributed by atoms with Crippen LogP contribution in [-0.2, 0) is 9.53 Å². The maximum absolute atomic E-state index is 11.7. The summed E-state index contributed by atoms with van der Waals surface area (Å²) >= 11 is 0. The topological polar surface area (TPSA) is 127 Å². The summed E-state index contributed by atoms with van der Waals surface area (Å²) in [6.07, 6.45) is 14.6. The Morgan fingerprint density at radius 3 is 1.94 bits per heavy atom. The Bertz CT molecular complexity index is 479. The molecule has 0 spiro atoms. The lowest BCUT2D eigenvalue weighted by Crippen LogP contribution is -2.47. The molecule has 7 nitrogen and oxygen atoms in total. The summed E-state index contributed by atoms with van der Waals surface area (Å²) in [6, 6.07) is 0. The first-order chi connectivity index (χ1) is 14.9. The molecule has 7 heteroatoms. The molecule has 0 amide bonds. The lowest BCUT2D eigenvalue weighted by molar-refractivity contribution is -0.156. The zero-order valence-corrected chi connectivity index (χ0v) is 19.1. The molecule has 31 heavy (non-hydrogen) atoms. The lowest BCUT2D eigenvalue weighted by Gasteiger charge is -2.25. The van der Waals surface area contributed by atoms with Crippen molar-refractivity contribution in [2.75, 3.05) is 13.2 Å². The van der Waals surface area contributed by atoms with Crippen molar-refractivity contribution in [2.24, 2.45) is 0 Å². The van der Waals surface area contributed by atoms with Crippen LogP contribution in [0.3, 0.4) is 0 Å². The molecule has 0 aliphatic carbocycles. The van der Waals surface area contributed by atoms with E-state index >= 15 is 0 Å². The minimum absolute atomic E-state index is 0.231. The van der Waals surface area contributed by atoms with Crippen LogP contribution in [0.4, 0.5) is 0 Å². The predicted molar refractivity (Wildman–Crippen MR) is 121 cm³/mol. The molecular weight excluding hydrogens is 400 g/mol. The number of aliphatic hydroxyl groups excluding tert-OH is 5. The third-order valence-electron chi connectivity index (χ3n) is 5.07. The number of aliphatic hydroxyl groups is 5. The van der Waals surface area contributed by atoms with E-state index in [4.69, 9.17) is 9.84 Å². The molecule has 0 fully saturated rings. The van der Waals surface area contributed by atoms with Gasteiger partial charge in [-0.15, -0.1) is 0 Å². The number of ether oxygens (including phenoxy) is 1. The molecule has 182 valence electrons. The number of carbonyl (C=O) groups is 1. The number of esters is 1. The highest BCUT2D eigenvalue weighted by Gasteiger charge is 2.30. The van der Waals surface area contributed by atoms with Crippen molar-refractivity contribution >= 4 is 5.97 Å². The molecule has 0 rings (SSSR count). The fraction of sp³-hybridized carbons (Fsp3) is 0.792. The van der Waals surface area contributed by atoms with Gasteiger partial charge < -0.3 is 30.3 Å². The van der Waals surface area contributed by atoms with E-state index in [9.17, 15) is 25.2 Å². The molecule has 5 N–H and O–H groups in total. The van der Waals surface area contributed by atoms with Crippen molar-refractivity contribution in [1.82, 2.24) is 0 Å². The summed E-state index contributed by atoms with van der Waals surface area (Å²) in [5.41, 5.74) is 0. The average Bonchev–Trinajstić information content (AvgIpc) is 2.78. The van der Waals surface area contributed by atoms with E-state index in [0.29, 0.717) is 6.42 Å². The van der Waals surface area contributed by atoms with E-state index in [1.807, 2.05) is 0 Å². The first kappa shape index (κ1) is 29.8. The van der Waals surface area contributed by atoms with Gasteiger partial charge in [-0.3, -0.25) is 4.79 Å². The van der Waals surface area contributed by atoms with Crippen molar-refractivity contribution in [3.05, 3.63) is 24.3 Å². The minimum atomic E-state index is -1.72. The van der Waals surface area contributed by atoms with Gasteiger partial charge in [0, 0.05) is 6.42 Å². The highest BCUT2D eigenvalue weighted by atomic mass is 16.5. The standard InChI is InChI=1S/C24H44O7/c1-2-3-4-5-6-7-8-9-10-11-12-13-14-15-16-17-22(28)31-19-21(27)24(30)23(29)20(26)18-25/h6-7,9-10,20-21,23-27,29-30H,2-5,8,11-19H2,1H3/b7-6-,10-9-. The Hall–Kier alpha value is -1.25. The molecule has 0 aromatic carbocycles. The molecule has 0 radical (unpaired) electrons. The lowest BCUT2D eigenvalue weighted by atomic mass is 10.0. The van der Waals surface area contributed by atoms with Gasteiger partial charge in [-0.2, -0.15) is 0 Å². The highest BCUT2D eigenvalue weighted by Crippen LogP contribution is 2.10. The largest absolute Gasteiger partial charge is 0.463 e. The van der Waals surface area contributed by atoms with Crippen LogP contribution in [0.5, 0.6) is 0 Å². The third-order valence-corrected chi connectivity index (χ3v) is 5.07. The minimum Gasteiger partial charge on any atom is -0.463 e.